The van der Waals surface area contributed by atoms with Gasteiger partial charge >= 0.3 is 6.09 Å². The number of ether oxygens (including phenoxy) is 1. The predicted molar refractivity (Wildman–Crippen MR) is 112 cm³/mol. The van der Waals surface area contributed by atoms with Crippen molar-refractivity contribution < 1.29 is 23.8 Å². The van der Waals surface area contributed by atoms with Crippen LogP contribution in [0.2, 0.25) is 0 Å². The largest absolute Gasteiger partial charge is 0.465 e. The molecule has 2 heterocycles. The molecule has 0 spiro atoms. The number of hydrazine groups is 1. The summed E-state index contributed by atoms with van der Waals surface area (Å²) in [6.45, 7) is 5.04. The summed E-state index contributed by atoms with van der Waals surface area (Å²) in [7, 11) is 0. The molecule has 1 aliphatic carbocycles. The Kier molecular flexibility index (Phi) is 7.83. The third kappa shape index (κ3) is 6.16. The topological polar surface area (TPSA) is 129 Å². The third-order valence-electron chi connectivity index (χ3n) is 5.85. The van der Waals surface area contributed by atoms with E-state index < -0.39 is 23.7 Å². The van der Waals surface area contributed by atoms with Crippen molar-refractivity contribution >= 4 is 23.6 Å². The number of hydrogen-bond donors (Lipinski definition) is 4. The number of morpholine rings is 1. The molecule has 172 valence electrons. The highest BCUT2D eigenvalue weighted by Gasteiger charge is 2.28. The number of nitrogens with one attached hydrogen (secondary N) is 3. The van der Waals surface area contributed by atoms with Crippen LogP contribution in [0.1, 0.15) is 44.9 Å². The van der Waals surface area contributed by atoms with Gasteiger partial charge in [-0.25, -0.2) is 14.8 Å². The highest BCUT2D eigenvalue weighted by atomic mass is 19.1. The molecule has 2 atom stereocenters. The Morgan fingerprint density at radius 2 is 2.06 bits per heavy atom. The zero-order chi connectivity index (χ0) is 22.4. The van der Waals surface area contributed by atoms with Crippen LogP contribution in [0.25, 0.3) is 0 Å². The van der Waals surface area contributed by atoms with Crippen molar-refractivity contribution in [1.29, 1.82) is 0 Å². The number of carbonyl (C=O) groups excluding carboxylic acids is 1. The van der Waals surface area contributed by atoms with Crippen molar-refractivity contribution in [2.45, 2.75) is 52.0 Å². The monoisotopic (exact) mass is 438 g/mol. The van der Waals surface area contributed by atoms with Gasteiger partial charge in [0.25, 0.3) is 0 Å². The molecule has 0 aromatic carbocycles. The van der Waals surface area contributed by atoms with Crippen LogP contribution in [0.3, 0.4) is 0 Å². The van der Waals surface area contributed by atoms with Gasteiger partial charge in [0.2, 0.25) is 11.7 Å². The lowest BCUT2D eigenvalue weighted by Crippen LogP contribution is -2.45. The van der Waals surface area contributed by atoms with Crippen molar-refractivity contribution in [3.05, 3.63) is 11.6 Å². The van der Waals surface area contributed by atoms with Gasteiger partial charge in [0.05, 0.1) is 25.2 Å². The molecular weight excluding hydrogens is 407 g/mol. The van der Waals surface area contributed by atoms with Crippen LogP contribution in [-0.2, 0) is 9.53 Å². The minimum absolute atomic E-state index is 0.00116. The van der Waals surface area contributed by atoms with Crippen LogP contribution in [-0.4, -0.2) is 59.4 Å². The first-order valence-electron chi connectivity index (χ1n) is 10.8. The molecule has 1 saturated heterocycles. The maximum atomic E-state index is 15.1. The van der Waals surface area contributed by atoms with Gasteiger partial charge in [-0.05, 0) is 26.2 Å². The van der Waals surface area contributed by atoms with E-state index in [-0.39, 0.29) is 24.2 Å². The normalized spacial score (nSPS) is 20.4. The Hall–Kier alpha value is -2.69. The Labute approximate surface area is 180 Å². The Morgan fingerprint density at radius 1 is 1.32 bits per heavy atom. The lowest BCUT2D eigenvalue weighted by molar-refractivity contribution is -0.124. The van der Waals surface area contributed by atoms with Gasteiger partial charge in [0.15, 0.2) is 11.6 Å². The van der Waals surface area contributed by atoms with Crippen LogP contribution < -0.4 is 21.1 Å². The summed E-state index contributed by atoms with van der Waals surface area (Å²) in [5, 5.41) is 11.2. The summed E-state index contributed by atoms with van der Waals surface area (Å²) >= 11 is 0. The summed E-state index contributed by atoms with van der Waals surface area (Å²) in [4.78, 5) is 33.8. The fraction of sp³-hybridized carbons (Fsp3) is 0.700. The number of aryl methyl sites for hydroxylation is 1. The number of carbonyl (C=O) groups is 2. The number of carboxylic acid groups (broad SMARTS) is 1. The van der Waals surface area contributed by atoms with Crippen molar-refractivity contribution in [1.82, 2.24) is 20.7 Å². The zero-order valence-corrected chi connectivity index (χ0v) is 18.0. The molecule has 0 unspecified atom stereocenters. The molecule has 31 heavy (non-hydrogen) atoms. The maximum Gasteiger partial charge on any atom is 0.404 e. The van der Waals surface area contributed by atoms with E-state index in [1.807, 2.05) is 11.8 Å². The Morgan fingerprint density at radius 3 is 2.74 bits per heavy atom. The van der Waals surface area contributed by atoms with E-state index in [9.17, 15) is 9.59 Å². The molecule has 3 rings (SSSR count). The molecule has 1 aromatic rings. The second kappa shape index (κ2) is 10.6. The second-order valence-electron chi connectivity index (χ2n) is 8.26. The molecule has 2 aliphatic rings. The predicted octanol–water partition coefficient (Wildman–Crippen LogP) is 2.06. The van der Waals surface area contributed by atoms with Gasteiger partial charge in [-0.1, -0.05) is 25.7 Å². The molecule has 4 N–H and O–H groups in total. The first-order chi connectivity index (χ1) is 14.8. The smallest absolute Gasteiger partial charge is 0.404 e. The summed E-state index contributed by atoms with van der Waals surface area (Å²) in [6, 6.07) is -0.0436. The molecule has 1 aromatic heterocycles. The molecule has 2 amide bonds. The number of hydrogen-bond acceptors (Lipinski definition) is 7. The number of aromatic nitrogens is 2. The van der Waals surface area contributed by atoms with Gasteiger partial charge < -0.3 is 20.1 Å². The van der Waals surface area contributed by atoms with Crippen LogP contribution in [0, 0.1) is 24.6 Å². The van der Waals surface area contributed by atoms with Crippen LogP contribution in [0.5, 0.6) is 0 Å². The minimum Gasteiger partial charge on any atom is -0.465 e. The van der Waals surface area contributed by atoms with Crippen LogP contribution in [0.4, 0.5) is 20.8 Å². The van der Waals surface area contributed by atoms with E-state index in [1.165, 1.54) is 0 Å². The number of halogens is 1. The van der Waals surface area contributed by atoms with Crippen molar-refractivity contribution in [2.24, 2.45) is 11.8 Å². The molecule has 2 fully saturated rings. The molecule has 0 radical (unpaired) electrons. The lowest BCUT2D eigenvalue weighted by atomic mass is 9.92. The second-order valence-corrected chi connectivity index (χ2v) is 8.26. The summed E-state index contributed by atoms with van der Waals surface area (Å²) in [6.07, 6.45) is 3.71. The standard InChI is InChI=1S/C20H31FN6O4/c1-12-11-31-8-7-27(12)18-16(21)17(23-13(2)24-18)25-26-19(28)15(10-22-20(29)30)9-14-5-3-4-6-14/h12,14-15,22H,3-11H2,1-2H3,(H,26,28)(H,29,30)(H,23,24,25)/t12-,15+/m0/s1. The van der Waals surface area contributed by atoms with Gasteiger partial charge in [-0.3, -0.25) is 15.6 Å². The van der Waals surface area contributed by atoms with E-state index >= 15 is 4.39 Å². The third-order valence-corrected chi connectivity index (χ3v) is 5.85. The minimum atomic E-state index is -1.18. The van der Waals surface area contributed by atoms with Gasteiger partial charge in [0, 0.05) is 13.1 Å². The van der Waals surface area contributed by atoms with Crippen molar-refractivity contribution in [3.63, 3.8) is 0 Å². The molecule has 1 aliphatic heterocycles. The summed E-state index contributed by atoms with van der Waals surface area (Å²) in [5.41, 5.74) is 5.09. The number of nitrogens with zero attached hydrogens (tertiary/aromatic N) is 3. The van der Waals surface area contributed by atoms with Crippen molar-refractivity contribution in [2.75, 3.05) is 36.6 Å². The van der Waals surface area contributed by atoms with Gasteiger partial charge in [-0.15, -0.1) is 0 Å². The number of anilines is 2. The number of amides is 2. The molecular formula is C20H31FN6O4. The average molecular weight is 439 g/mol. The van der Waals surface area contributed by atoms with Gasteiger partial charge in [-0.2, -0.15) is 4.39 Å². The average Bonchev–Trinajstić information content (AvgIpc) is 3.25. The van der Waals surface area contributed by atoms with E-state index in [0.717, 1.165) is 25.7 Å². The fourth-order valence-corrected chi connectivity index (χ4v) is 4.22. The van der Waals surface area contributed by atoms with Crippen LogP contribution in [0.15, 0.2) is 0 Å². The first kappa shape index (κ1) is 23.0. The highest BCUT2D eigenvalue weighted by Crippen LogP contribution is 2.30. The summed E-state index contributed by atoms with van der Waals surface area (Å²) in [5.74, 6) is -0.833. The zero-order valence-electron chi connectivity index (χ0n) is 18.0. The van der Waals surface area contributed by atoms with Crippen molar-refractivity contribution in [3.8, 4) is 0 Å². The molecule has 1 saturated carbocycles. The maximum absolute atomic E-state index is 15.1. The molecule has 0 bridgehead atoms. The quantitative estimate of drug-likeness (QED) is 0.454. The SMILES string of the molecule is Cc1nc(NNC(=O)[C@@H](CNC(=O)O)CC2CCCC2)c(F)c(N2CCOC[C@@H]2C)n1. The first-order valence-corrected chi connectivity index (χ1v) is 10.8. The van der Waals surface area contributed by atoms with E-state index in [4.69, 9.17) is 9.84 Å². The lowest BCUT2D eigenvalue weighted by Gasteiger charge is -2.34. The van der Waals surface area contributed by atoms with Gasteiger partial charge in [0.1, 0.15) is 5.82 Å². The Bertz CT molecular complexity index is 789. The fourth-order valence-electron chi connectivity index (χ4n) is 4.22. The Balaban J connectivity index is 1.68. The van der Waals surface area contributed by atoms with E-state index in [0.29, 0.717) is 37.9 Å². The van der Waals surface area contributed by atoms with Crippen LogP contribution >= 0.6 is 0 Å². The summed E-state index contributed by atoms with van der Waals surface area (Å²) < 4.78 is 20.5. The highest BCUT2D eigenvalue weighted by molar-refractivity contribution is 5.80. The molecule has 11 heteroatoms. The number of rotatable bonds is 8. The molecule has 10 nitrogen and oxygen atoms in total. The van der Waals surface area contributed by atoms with E-state index in [2.05, 4.69) is 26.1 Å². The van der Waals surface area contributed by atoms with E-state index in [1.54, 1.807) is 6.92 Å².